The molecule has 180 valence electrons. The van der Waals surface area contributed by atoms with Gasteiger partial charge in [0.15, 0.2) is 18.0 Å². The summed E-state index contributed by atoms with van der Waals surface area (Å²) in [5.41, 5.74) is 0.448. The lowest BCUT2D eigenvalue weighted by Gasteiger charge is -2.43. The maximum Gasteiger partial charge on any atom is 0.303 e. The number of ether oxygens (including phenoxy) is 6. The molecule has 0 amide bonds. The van der Waals surface area contributed by atoms with Gasteiger partial charge in [0, 0.05) is 33.3 Å². The van der Waals surface area contributed by atoms with Crippen molar-refractivity contribution < 1.29 is 52.4 Å². The first kappa shape index (κ1) is 25.8. The summed E-state index contributed by atoms with van der Waals surface area (Å²) >= 11 is 0. The number of benzene rings is 1. The molecule has 0 spiro atoms. The van der Waals surface area contributed by atoms with Gasteiger partial charge >= 0.3 is 23.9 Å². The van der Waals surface area contributed by atoms with Gasteiger partial charge in [-0.25, -0.2) is 0 Å². The highest BCUT2D eigenvalue weighted by Crippen LogP contribution is 2.31. The predicted octanol–water partition coefficient (Wildman–Crippen LogP) is 1.35. The van der Waals surface area contributed by atoms with Gasteiger partial charge in [0.25, 0.3) is 0 Å². The number of hydrogen-bond acceptors (Lipinski definition) is 11. The van der Waals surface area contributed by atoms with Gasteiger partial charge in [0.1, 0.15) is 18.5 Å². The van der Waals surface area contributed by atoms with E-state index in [1.54, 1.807) is 0 Å². The van der Waals surface area contributed by atoms with Crippen LogP contribution in [0.5, 0.6) is 5.75 Å². The number of Topliss-reactive ketones (excluding diaryl/α,β-unsaturated/α-hetero) is 1. The van der Waals surface area contributed by atoms with Crippen LogP contribution in [-0.2, 0) is 42.9 Å². The average Bonchev–Trinajstić information content (AvgIpc) is 2.70. The van der Waals surface area contributed by atoms with Crippen LogP contribution < -0.4 is 4.74 Å². The topological polar surface area (TPSA) is 141 Å². The summed E-state index contributed by atoms with van der Waals surface area (Å²) in [6.45, 7) is 5.63. The molecule has 1 heterocycles. The van der Waals surface area contributed by atoms with Gasteiger partial charge in [-0.2, -0.15) is 0 Å². The van der Waals surface area contributed by atoms with Gasteiger partial charge in [-0.05, 0) is 31.2 Å². The standard InChI is InChI=1S/C22H26O11/c1-11(23)16-6-8-17(9-7-16)32-22-21(31-15(5)27)20(30-14(4)26)19(29-13(3)25)18(33-22)10-28-12(2)24/h6-9,18-22H,10H2,1-5H3/t18-,19+,20+,21-,22+/m1/s1. The molecule has 1 fully saturated rings. The van der Waals surface area contributed by atoms with Crippen LogP contribution in [0.3, 0.4) is 0 Å². The quantitative estimate of drug-likeness (QED) is 0.311. The monoisotopic (exact) mass is 466 g/mol. The van der Waals surface area contributed by atoms with Crippen molar-refractivity contribution in [3.8, 4) is 5.75 Å². The lowest BCUT2D eigenvalue weighted by atomic mass is 9.98. The molecule has 1 aliphatic rings. The molecule has 0 bridgehead atoms. The maximum atomic E-state index is 11.8. The summed E-state index contributed by atoms with van der Waals surface area (Å²) in [6, 6.07) is 6.07. The first-order valence-electron chi connectivity index (χ1n) is 10.1. The van der Waals surface area contributed by atoms with Crippen LogP contribution in [0.1, 0.15) is 45.0 Å². The highest BCUT2D eigenvalue weighted by Gasteiger charge is 2.53. The van der Waals surface area contributed by atoms with Crippen molar-refractivity contribution >= 4 is 29.7 Å². The van der Waals surface area contributed by atoms with Gasteiger partial charge in [0.2, 0.25) is 12.4 Å². The molecule has 2 rings (SSSR count). The van der Waals surface area contributed by atoms with Crippen LogP contribution >= 0.6 is 0 Å². The van der Waals surface area contributed by atoms with Crippen molar-refractivity contribution in [1.29, 1.82) is 0 Å². The number of carbonyl (C=O) groups is 5. The molecule has 0 N–H and O–H groups in total. The molecule has 1 aromatic rings. The second-order valence-corrected chi connectivity index (χ2v) is 7.27. The third-order valence-corrected chi connectivity index (χ3v) is 4.46. The van der Waals surface area contributed by atoms with E-state index in [-0.39, 0.29) is 18.1 Å². The fraction of sp³-hybridized carbons (Fsp3) is 0.500. The van der Waals surface area contributed by atoms with E-state index in [1.807, 2.05) is 0 Å². The van der Waals surface area contributed by atoms with Gasteiger partial charge in [-0.1, -0.05) is 0 Å². The molecule has 11 nitrogen and oxygen atoms in total. The Bertz CT molecular complexity index is 892. The van der Waals surface area contributed by atoms with E-state index in [0.717, 1.165) is 20.8 Å². The Morgan fingerprint density at radius 1 is 0.727 bits per heavy atom. The summed E-state index contributed by atoms with van der Waals surface area (Å²) < 4.78 is 32.6. The third-order valence-electron chi connectivity index (χ3n) is 4.46. The summed E-state index contributed by atoms with van der Waals surface area (Å²) in [4.78, 5) is 58.2. The number of rotatable bonds is 8. The summed E-state index contributed by atoms with van der Waals surface area (Å²) in [5, 5.41) is 0. The molecule has 0 unspecified atom stereocenters. The minimum absolute atomic E-state index is 0.145. The van der Waals surface area contributed by atoms with Gasteiger partial charge in [-0.3, -0.25) is 24.0 Å². The molecular weight excluding hydrogens is 440 g/mol. The Balaban J connectivity index is 2.43. The average molecular weight is 466 g/mol. The molecule has 0 radical (unpaired) electrons. The minimum atomic E-state index is -1.34. The summed E-state index contributed by atoms with van der Waals surface area (Å²) in [6.07, 6.45) is -6.39. The first-order chi connectivity index (χ1) is 15.5. The molecule has 5 atom stereocenters. The van der Waals surface area contributed by atoms with E-state index in [0.29, 0.717) is 5.56 Å². The van der Waals surface area contributed by atoms with E-state index in [9.17, 15) is 24.0 Å². The van der Waals surface area contributed by atoms with Crippen LogP contribution in [0.2, 0.25) is 0 Å². The van der Waals surface area contributed by atoms with Gasteiger partial charge in [0.05, 0.1) is 0 Å². The molecule has 1 saturated heterocycles. The van der Waals surface area contributed by atoms with Gasteiger partial charge < -0.3 is 28.4 Å². The zero-order valence-electron chi connectivity index (χ0n) is 18.9. The molecule has 1 aliphatic heterocycles. The smallest absolute Gasteiger partial charge is 0.303 e. The number of ketones is 1. The lowest BCUT2D eigenvalue weighted by molar-refractivity contribution is -0.288. The number of esters is 4. The van der Waals surface area contributed by atoms with Crippen molar-refractivity contribution in [3.63, 3.8) is 0 Å². The number of hydrogen-bond donors (Lipinski definition) is 0. The van der Waals surface area contributed by atoms with Crippen LogP contribution in [0.4, 0.5) is 0 Å². The Morgan fingerprint density at radius 2 is 1.24 bits per heavy atom. The SMILES string of the molecule is CC(=O)OC[C@H]1O[C@H](Oc2ccc(C(C)=O)cc2)[C@H](OC(C)=O)[C@@H](OC(C)=O)[C@H]1OC(C)=O. The van der Waals surface area contributed by atoms with E-state index in [4.69, 9.17) is 28.4 Å². The van der Waals surface area contributed by atoms with Gasteiger partial charge in [-0.15, -0.1) is 0 Å². The van der Waals surface area contributed by atoms with Crippen molar-refractivity contribution in [3.05, 3.63) is 29.8 Å². The van der Waals surface area contributed by atoms with Crippen molar-refractivity contribution in [2.45, 2.75) is 65.3 Å². The van der Waals surface area contributed by atoms with Crippen LogP contribution in [0, 0.1) is 0 Å². The molecule has 0 saturated carbocycles. The zero-order chi connectivity index (χ0) is 24.7. The van der Waals surface area contributed by atoms with E-state index < -0.39 is 54.6 Å². The Morgan fingerprint density at radius 3 is 1.73 bits per heavy atom. The fourth-order valence-electron chi connectivity index (χ4n) is 3.19. The Hall–Kier alpha value is -3.47. The van der Waals surface area contributed by atoms with E-state index in [2.05, 4.69) is 0 Å². The van der Waals surface area contributed by atoms with Crippen LogP contribution in [0.15, 0.2) is 24.3 Å². The molecule has 33 heavy (non-hydrogen) atoms. The predicted molar refractivity (Wildman–Crippen MR) is 109 cm³/mol. The summed E-state index contributed by atoms with van der Waals surface area (Å²) in [7, 11) is 0. The highest BCUT2D eigenvalue weighted by molar-refractivity contribution is 5.94. The highest BCUT2D eigenvalue weighted by atomic mass is 16.7. The van der Waals surface area contributed by atoms with Crippen molar-refractivity contribution in [2.24, 2.45) is 0 Å². The molecular formula is C22H26O11. The minimum Gasteiger partial charge on any atom is -0.463 e. The van der Waals surface area contributed by atoms with Crippen molar-refractivity contribution in [1.82, 2.24) is 0 Å². The maximum absolute atomic E-state index is 11.8. The lowest BCUT2D eigenvalue weighted by Crippen LogP contribution is -2.63. The molecule has 1 aromatic carbocycles. The number of carbonyl (C=O) groups excluding carboxylic acids is 5. The second-order valence-electron chi connectivity index (χ2n) is 7.27. The molecule has 11 heteroatoms. The van der Waals surface area contributed by atoms with Crippen LogP contribution in [-0.4, -0.2) is 67.0 Å². The van der Waals surface area contributed by atoms with Crippen molar-refractivity contribution in [2.75, 3.05) is 6.61 Å². The normalized spacial score (nSPS) is 24.2. The first-order valence-corrected chi connectivity index (χ1v) is 10.1. The second kappa shape index (κ2) is 11.4. The molecule has 0 aliphatic carbocycles. The van der Waals surface area contributed by atoms with Crippen LogP contribution in [0.25, 0.3) is 0 Å². The molecule has 0 aromatic heterocycles. The van der Waals surface area contributed by atoms with E-state index >= 15 is 0 Å². The Labute approximate surface area is 190 Å². The Kier molecular flexibility index (Phi) is 8.92. The largest absolute Gasteiger partial charge is 0.463 e. The summed E-state index contributed by atoms with van der Waals surface area (Å²) in [5.74, 6) is -2.72. The third kappa shape index (κ3) is 7.56. The zero-order valence-corrected chi connectivity index (χ0v) is 18.9. The van der Waals surface area contributed by atoms with E-state index in [1.165, 1.54) is 38.1 Å². The fourth-order valence-corrected chi connectivity index (χ4v) is 3.19.